The minimum Gasteiger partial charge on any atom is -0.379 e. The second-order valence-corrected chi connectivity index (χ2v) is 6.76. The van der Waals surface area contributed by atoms with E-state index >= 15 is 0 Å². The predicted octanol–water partition coefficient (Wildman–Crippen LogP) is 0.263. The molecular weight excluding hydrogens is 290 g/mol. The molecule has 0 amide bonds. The van der Waals surface area contributed by atoms with Crippen LogP contribution >= 0.6 is 0 Å². The largest absolute Gasteiger partial charge is 0.379 e. The van der Waals surface area contributed by atoms with Gasteiger partial charge < -0.3 is 15.0 Å². The van der Waals surface area contributed by atoms with Crippen molar-refractivity contribution in [2.45, 2.75) is 11.4 Å². The van der Waals surface area contributed by atoms with Crippen molar-refractivity contribution in [2.75, 3.05) is 47.4 Å². The van der Waals surface area contributed by atoms with E-state index in [1.165, 1.54) is 0 Å². The third-order valence-corrected chi connectivity index (χ3v) is 4.27. The molecule has 21 heavy (non-hydrogen) atoms. The number of hydrogen-bond acceptors (Lipinski definition) is 5. The van der Waals surface area contributed by atoms with Crippen molar-refractivity contribution in [1.82, 2.24) is 14.9 Å². The monoisotopic (exact) mass is 315 g/mol. The van der Waals surface area contributed by atoms with E-state index in [1.54, 1.807) is 18.2 Å². The van der Waals surface area contributed by atoms with Crippen LogP contribution in [0.5, 0.6) is 0 Å². The molecule has 0 spiro atoms. The van der Waals surface area contributed by atoms with Crippen LogP contribution in [-0.2, 0) is 21.3 Å². The summed E-state index contributed by atoms with van der Waals surface area (Å²) in [4.78, 5) is 2.29. The number of ether oxygens (including phenoxy) is 1. The molecule has 120 valence electrons. The highest BCUT2D eigenvalue weighted by Crippen LogP contribution is 2.11. The molecule has 0 unspecified atom stereocenters. The second kappa shape index (κ2) is 9.11. The van der Waals surface area contributed by atoms with Gasteiger partial charge in [0, 0.05) is 19.6 Å². The number of hydrogen-bond donors (Lipinski definition) is 2. The summed E-state index contributed by atoms with van der Waals surface area (Å²) >= 11 is 0. The van der Waals surface area contributed by atoms with E-state index in [2.05, 4.69) is 10.0 Å². The molecule has 0 atom stereocenters. The van der Waals surface area contributed by atoms with Crippen molar-refractivity contribution in [3.05, 3.63) is 29.8 Å². The maximum Gasteiger partial charge on any atom is 0.240 e. The van der Waals surface area contributed by atoms with Gasteiger partial charge in [-0.05, 0) is 38.8 Å². The first-order valence-corrected chi connectivity index (χ1v) is 8.39. The molecular formula is C14H25N3O3S. The average molecular weight is 315 g/mol. The Bertz CT molecular complexity index is 518. The normalized spacial score (nSPS) is 12.0. The Balaban J connectivity index is 2.44. The number of benzene rings is 1. The van der Waals surface area contributed by atoms with Gasteiger partial charge in [-0.15, -0.1) is 0 Å². The van der Waals surface area contributed by atoms with Crippen LogP contribution < -0.4 is 10.0 Å². The molecule has 0 bridgehead atoms. The smallest absolute Gasteiger partial charge is 0.240 e. The van der Waals surface area contributed by atoms with Gasteiger partial charge in [0.1, 0.15) is 0 Å². The molecule has 0 aromatic heterocycles. The van der Waals surface area contributed by atoms with Gasteiger partial charge in [-0.3, -0.25) is 0 Å². The summed E-state index contributed by atoms with van der Waals surface area (Å²) in [5.74, 6) is 0. The highest BCUT2D eigenvalue weighted by molar-refractivity contribution is 7.89. The third-order valence-electron chi connectivity index (χ3n) is 2.81. The minimum absolute atomic E-state index is 0.270. The van der Waals surface area contributed by atoms with Crippen LogP contribution in [0.1, 0.15) is 5.56 Å². The molecule has 1 rings (SSSR count). The van der Waals surface area contributed by atoms with Gasteiger partial charge in [0.25, 0.3) is 0 Å². The summed E-state index contributed by atoms with van der Waals surface area (Å²) in [5.41, 5.74) is 0.933. The van der Waals surface area contributed by atoms with Crippen molar-refractivity contribution < 1.29 is 13.2 Å². The lowest BCUT2D eigenvalue weighted by atomic mass is 10.2. The van der Waals surface area contributed by atoms with Crippen molar-refractivity contribution in [1.29, 1.82) is 0 Å². The summed E-state index contributed by atoms with van der Waals surface area (Å²) < 4.78 is 32.2. The van der Waals surface area contributed by atoms with E-state index < -0.39 is 10.0 Å². The molecule has 7 heteroatoms. The Morgan fingerprint density at radius 2 is 2.00 bits per heavy atom. The quantitative estimate of drug-likeness (QED) is 0.606. The van der Waals surface area contributed by atoms with Crippen LogP contribution in [-0.4, -0.2) is 60.8 Å². The number of nitrogens with zero attached hydrogens (tertiary/aromatic N) is 1. The van der Waals surface area contributed by atoms with Crippen LogP contribution in [0.15, 0.2) is 29.2 Å². The summed E-state index contributed by atoms with van der Waals surface area (Å²) in [6.07, 6.45) is 0. The van der Waals surface area contributed by atoms with Gasteiger partial charge in [-0.1, -0.05) is 12.1 Å². The third kappa shape index (κ3) is 7.01. The first kappa shape index (κ1) is 18.1. The minimum atomic E-state index is -3.47. The molecule has 0 heterocycles. The number of likely N-dealkylation sites (N-methyl/N-ethyl adjacent to an activating group) is 1. The van der Waals surface area contributed by atoms with Crippen LogP contribution in [0.25, 0.3) is 0 Å². The van der Waals surface area contributed by atoms with Crippen molar-refractivity contribution in [2.24, 2.45) is 0 Å². The highest BCUT2D eigenvalue weighted by atomic mass is 32.2. The molecule has 0 saturated carbocycles. The fourth-order valence-electron chi connectivity index (χ4n) is 1.71. The Labute approximate surface area is 127 Å². The number of sulfonamides is 1. The zero-order valence-corrected chi connectivity index (χ0v) is 13.7. The fraction of sp³-hybridized carbons (Fsp3) is 0.571. The average Bonchev–Trinajstić information content (AvgIpc) is 2.43. The zero-order valence-electron chi connectivity index (χ0n) is 12.9. The summed E-state index contributed by atoms with van der Waals surface area (Å²) in [5, 5.41) is 3.00. The maximum atomic E-state index is 12.1. The summed E-state index contributed by atoms with van der Waals surface area (Å²) in [7, 11) is 2.28. The SMILES string of the molecule is CNCc1cccc(S(=O)(=O)NCCOCCN(C)C)c1. The van der Waals surface area contributed by atoms with Crippen LogP contribution in [0, 0.1) is 0 Å². The Morgan fingerprint density at radius 1 is 1.24 bits per heavy atom. The van der Waals surface area contributed by atoms with Gasteiger partial charge in [-0.25, -0.2) is 13.1 Å². The number of nitrogens with one attached hydrogen (secondary N) is 2. The molecule has 0 aliphatic rings. The van der Waals surface area contributed by atoms with Gasteiger partial charge in [-0.2, -0.15) is 0 Å². The van der Waals surface area contributed by atoms with E-state index in [0.29, 0.717) is 19.8 Å². The predicted molar refractivity (Wildman–Crippen MR) is 83.8 cm³/mol. The van der Waals surface area contributed by atoms with Crippen molar-refractivity contribution in [3.63, 3.8) is 0 Å². The lowest BCUT2D eigenvalue weighted by molar-refractivity contribution is 0.122. The van der Waals surface area contributed by atoms with Gasteiger partial charge >= 0.3 is 0 Å². The summed E-state index contributed by atoms with van der Waals surface area (Å²) in [6.45, 7) is 2.68. The fourth-order valence-corrected chi connectivity index (χ4v) is 2.79. The Hall–Kier alpha value is -0.990. The summed E-state index contributed by atoms with van der Waals surface area (Å²) in [6, 6.07) is 6.90. The van der Waals surface area contributed by atoms with E-state index in [4.69, 9.17) is 4.74 Å². The Morgan fingerprint density at radius 3 is 2.67 bits per heavy atom. The first-order chi connectivity index (χ1) is 9.95. The van der Waals surface area contributed by atoms with E-state index in [9.17, 15) is 8.42 Å². The molecule has 1 aromatic carbocycles. The van der Waals surface area contributed by atoms with Crippen LogP contribution in [0.3, 0.4) is 0 Å². The molecule has 0 fully saturated rings. The topological polar surface area (TPSA) is 70.7 Å². The van der Waals surface area contributed by atoms with Gasteiger partial charge in [0.15, 0.2) is 0 Å². The van der Waals surface area contributed by atoms with Crippen molar-refractivity contribution >= 4 is 10.0 Å². The molecule has 1 aromatic rings. The van der Waals surface area contributed by atoms with E-state index in [-0.39, 0.29) is 11.4 Å². The molecule has 6 nitrogen and oxygen atoms in total. The Kier molecular flexibility index (Phi) is 7.84. The van der Waals surface area contributed by atoms with Crippen LogP contribution in [0.2, 0.25) is 0 Å². The molecule has 0 saturated heterocycles. The maximum absolute atomic E-state index is 12.1. The van der Waals surface area contributed by atoms with Crippen LogP contribution in [0.4, 0.5) is 0 Å². The first-order valence-electron chi connectivity index (χ1n) is 6.91. The van der Waals surface area contributed by atoms with Gasteiger partial charge in [0.2, 0.25) is 10.0 Å². The lowest BCUT2D eigenvalue weighted by Crippen LogP contribution is -2.28. The number of rotatable bonds is 10. The molecule has 0 aliphatic carbocycles. The molecule has 0 radical (unpaired) electrons. The second-order valence-electron chi connectivity index (χ2n) is 4.99. The zero-order chi connectivity index (χ0) is 15.7. The highest BCUT2D eigenvalue weighted by Gasteiger charge is 2.13. The molecule has 0 aliphatic heterocycles. The molecule has 2 N–H and O–H groups in total. The van der Waals surface area contributed by atoms with E-state index in [0.717, 1.165) is 12.1 Å². The lowest BCUT2D eigenvalue weighted by Gasteiger charge is -2.11. The van der Waals surface area contributed by atoms with Gasteiger partial charge in [0.05, 0.1) is 18.1 Å². The van der Waals surface area contributed by atoms with Crippen molar-refractivity contribution in [3.8, 4) is 0 Å². The standard InChI is InChI=1S/C14H25N3O3S/c1-15-12-13-5-4-6-14(11-13)21(18,19)16-7-9-20-10-8-17(2)3/h4-6,11,15-16H,7-10,12H2,1-3H3. The van der Waals surface area contributed by atoms with E-state index in [1.807, 2.05) is 32.1 Å².